The minimum atomic E-state index is -1.68. The molecule has 0 saturated carbocycles. The number of H-pyrrole nitrogens is 2. The first-order chi connectivity index (χ1) is 50.0. The number of aliphatic hydroxyl groups is 1. The van der Waals surface area contributed by atoms with Gasteiger partial charge in [-0.3, -0.25) is 81.7 Å². The van der Waals surface area contributed by atoms with Crippen LogP contribution in [0, 0.1) is 17.8 Å². The van der Waals surface area contributed by atoms with Crippen molar-refractivity contribution in [2.75, 3.05) is 51.3 Å². The maximum Gasteiger partial charge on any atom is 0.322 e. The number of nitrogens with two attached hydrogens (primary N) is 4. The quantitative estimate of drug-likeness (QED) is 0.0166. The molecule has 0 bridgehead atoms. The van der Waals surface area contributed by atoms with Crippen molar-refractivity contribution >= 4 is 112 Å². The Morgan fingerprint density at radius 1 is 0.566 bits per heavy atom. The molecule has 0 aliphatic carbocycles. The Morgan fingerprint density at radius 3 is 1.58 bits per heavy atom. The number of carboxylic acid groups (broad SMARTS) is 1. The van der Waals surface area contributed by atoms with Gasteiger partial charge in [0.25, 0.3) is 0 Å². The van der Waals surface area contributed by atoms with E-state index in [-0.39, 0.29) is 76.5 Å². The second-order valence-electron chi connectivity index (χ2n) is 26.3. The summed E-state index contributed by atoms with van der Waals surface area (Å²) in [6, 6.07) is -16.4. The number of aliphatic carboxylic acids is 1. The van der Waals surface area contributed by atoms with Gasteiger partial charge in [0.2, 0.25) is 88.6 Å². The van der Waals surface area contributed by atoms with Crippen molar-refractivity contribution < 1.29 is 86.9 Å². The van der Waals surface area contributed by atoms with E-state index in [0.717, 1.165) is 0 Å². The number of guanidine groups is 1. The zero-order valence-electron chi connectivity index (χ0n) is 60.9. The van der Waals surface area contributed by atoms with Crippen molar-refractivity contribution in [2.24, 2.45) is 45.7 Å². The van der Waals surface area contributed by atoms with Crippen molar-refractivity contribution in [3.05, 3.63) is 36.4 Å². The number of primary amides is 1. The summed E-state index contributed by atoms with van der Waals surface area (Å²) in [5.41, 5.74) is 22.5. The number of hydrogen-bond donors (Lipinski definition) is 21. The molecule has 42 heteroatoms. The molecule has 3 rings (SSSR count). The predicted molar refractivity (Wildman–Crippen MR) is 382 cm³/mol. The fourth-order valence-electron chi connectivity index (χ4n) is 10.7. The van der Waals surface area contributed by atoms with Crippen LogP contribution in [0.1, 0.15) is 118 Å². The number of likely N-dealkylation sites (tertiary alicyclic amines) is 1. The number of hydrogen-bond acceptors (Lipinski definition) is 22. The number of nitrogens with one attached hydrogen (secondary N) is 15. The summed E-state index contributed by atoms with van der Waals surface area (Å²) in [7, 11) is 0. The summed E-state index contributed by atoms with van der Waals surface area (Å²) in [6.07, 6.45) is 6.34. The van der Waals surface area contributed by atoms with Crippen molar-refractivity contribution in [1.29, 1.82) is 0 Å². The molecule has 15 amide bonds. The van der Waals surface area contributed by atoms with Gasteiger partial charge in [0.05, 0.1) is 32.4 Å². The lowest BCUT2D eigenvalue weighted by molar-refractivity contribution is -0.142. The smallest absolute Gasteiger partial charge is 0.322 e. The van der Waals surface area contributed by atoms with Crippen LogP contribution in [-0.4, -0.2) is 259 Å². The second-order valence-corrected chi connectivity index (χ2v) is 27.3. The summed E-state index contributed by atoms with van der Waals surface area (Å²) in [5, 5.41) is 52.0. The molecule has 0 spiro atoms. The number of aliphatic hydroxyl groups excluding tert-OH is 1. The minimum Gasteiger partial charge on any atom is -0.480 e. The number of aromatic nitrogens is 4. The van der Waals surface area contributed by atoms with E-state index >= 15 is 0 Å². The predicted octanol–water partition coefficient (Wildman–Crippen LogP) is -8.02. The van der Waals surface area contributed by atoms with E-state index in [1.165, 1.54) is 55.6 Å². The topological polar surface area (TPSA) is 647 Å². The number of carboxylic acids is 1. The standard InChI is InChI=1S/C64H105N23O18S/c1-31(2)20-41(78-47(90)23-65)57(99)76-34(7)52(94)80-40(16-19-106-9)54(96)77-35(8)63(105)87-18-11-13-45(87)60(102)84-44(28-88)59(101)85-50(32(3)4)61(103)72-26-48(91)79-43(22-37-25-70-30-75-37)58(100)86-51(33(5)6)62(104)82-38(12-10-17-71-64(67)68)55(97)81-39(14-15-46(66)89)56(98)83-42(21-36-24-69-29-74-36)53(95)73-27-49(92)93/h24-25,29-35,38-45,50-51,88H,10-23,26-28,65H2,1-9H3,(H2,66,89)(H,69,74)(H,70,75)(H,72,103)(H,73,95)(H,76,99)(H,77,96)(H,78,90)(H,79,91)(H,80,94)(H,81,97)(H,82,104)(H,83,98)(H,84,102)(H,85,101)(H,86,100)(H,92,93)(H4,67,68,71)/t34-,35-,38-,39-,40-,41-,42-,43-,44-,45-,50-,51-/m0/s1. The van der Waals surface area contributed by atoms with Gasteiger partial charge in [-0.15, -0.1) is 0 Å². The van der Waals surface area contributed by atoms with E-state index in [2.05, 4.69) is 94.0 Å². The lowest BCUT2D eigenvalue weighted by atomic mass is 10.0. The van der Waals surface area contributed by atoms with Crippen LogP contribution in [0.2, 0.25) is 0 Å². The molecule has 1 saturated heterocycles. The van der Waals surface area contributed by atoms with Gasteiger partial charge in [-0.1, -0.05) is 41.5 Å². The van der Waals surface area contributed by atoms with Crippen LogP contribution in [0.5, 0.6) is 0 Å². The summed E-state index contributed by atoms with van der Waals surface area (Å²) < 4.78 is 0. The molecule has 25 N–H and O–H groups in total. The average Bonchev–Trinajstić information content (AvgIpc) is 1.61. The Hall–Kier alpha value is -10.5. The van der Waals surface area contributed by atoms with Crippen LogP contribution in [0.3, 0.4) is 0 Å². The highest BCUT2D eigenvalue weighted by molar-refractivity contribution is 7.98. The first kappa shape index (κ1) is 89.7. The number of thioether (sulfide) groups is 1. The van der Waals surface area contributed by atoms with Gasteiger partial charge >= 0.3 is 5.97 Å². The number of nitrogens with zero attached hydrogens (tertiary/aromatic N) is 4. The summed E-state index contributed by atoms with van der Waals surface area (Å²) in [5.74, 6) is -15.6. The van der Waals surface area contributed by atoms with Crippen LogP contribution in [0.25, 0.3) is 0 Å². The Bertz CT molecular complexity index is 3350. The van der Waals surface area contributed by atoms with Gasteiger partial charge < -0.3 is 117 Å². The van der Waals surface area contributed by atoms with E-state index < -0.39 is 211 Å². The van der Waals surface area contributed by atoms with Crippen molar-refractivity contribution in [1.82, 2.24) is 94.0 Å². The summed E-state index contributed by atoms with van der Waals surface area (Å²) >= 11 is 1.38. The van der Waals surface area contributed by atoms with Crippen LogP contribution in [-0.2, 0) is 89.6 Å². The van der Waals surface area contributed by atoms with Gasteiger partial charge in [-0.2, -0.15) is 11.8 Å². The van der Waals surface area contributed by atoms with E-state index in [0.29, 0.717) is 23.6 Å². The lowest BCUT2D eigenvalue weighted by Crippen LogP contribution is -2.61. The van der Waals surface area contributed by atoms with Gasteiger partial charge in [-0.05, 0) is 88.6 Å². The van der Waals surface area contributed by atoms with Crippen LogP contribution in [0.15, 0.2) is 30.0 Å². The fourth-order valence-corrected chi connectivity index (χ4v) is 11.2. The molecule has 106 heavy (non-hydrogen) atoms. The number of carbonyl (C=O) groups excluding carboxylic acids is 15. The second kappa shape index (κ2) is 45.7. The minimum absolute atomic E-state index is 0.0147. The highest BCUT2D eigenvalue weighted by Gasteiger charge is 2.40. The Labute approximate surface area is 616 Å². The van der Waals surface area contributed by atoms with E-state index in [4.69, 9.17) is 22.9 Å². The number of aliphatic imine (C=N–C) groups is 1. The number of amides is 15. The molecular formula is C64H105N23O18S. The molecule has 3 heterocycles. The molecule has 1 aliphatic heterocycles. The van der Waals surface area contributed by atoms with Gasteiger partial charge in [0.15, 0.2) is 5.96 Å². The van der Waals surface area contributed by atoms with Gasteiger partial charge in [-0.25, -0.2) is 9.97 Å². The molecule has 0 aromatic carbocycles. The third-order valence-electron chi connectivity index (χ3n) is 16.4. The Balaban J connectivity index is 1.74. The number of carbonyl (C=O) groups is 16. The normalized spacial score (nSPS) is 15.7. The molecule has 41 nitrogen and oxygen atoms in total. The van der Waals surface area contributed by atoms with Crippen LogP contribution in [0.4, 0.5) is 0 Å². The maximum atomic E-state index is 14.4. The Kier molecular flexibility index (Phi) is 38.6. The molecule has 0 unspecified atom stereocenters. The van der Waals surface area contributed by atoms with Crippen LogP contribution < -0.4 is 92.1 Å². The summed E-state index contributed by atoms with van der Waals surface area (Å²) in [6.45, 7) is 9.70. The van der Waals surface area contributed by atoms with Gasteiger partial charge in [0.1, 0.15) is 79.0 Å². The van der Waals surface area contributed by atoms with Crippen molar-refractivity contribution in [3.8, 4) is 0 Å². The average molecular weight is 1520 g/mol. The zero-order valence-corrected chi connectivity index (χ0v) is 61.7. The molecule has 1 aliphatic rings. The maximum absolute atomic E-state index is 14.4. The monoisotopic (exact) mass is 1520 g/mol. The fraction of sp³-hybridized carbons (Fsp3) is 0.641. The van der Waals surface area contributed by atoms with E-state index in [1.54, 1.807) is 34.0 Å². The zero-order chi connectivity index (χ0) is 79.5. The van der Waals surface area contributed by atoms with Crippen molar-refractivity contribution in [2.45, 2.75) is 192 Å². The molecule has 0 radical (unpaired) electrons. The van der Waals surface area contributed by atoms with Crippen LogP contribution >= 0.6 is 11.8 Å². The first-order valence-electron chi connectivity index (χ1n) is 34.5. The Morgan fingerprint density at radius 2 is 1.06 bits per heavy atom. The highest BCUT2D eigenvalue weighted by Crippen LogP contribution is 2.20. The van der Waals surface area contributed by atoms with Crippen molar-refractivity contribution in [3.63, 3.8) is 0 Å². The largest absolute Gasteiger partial charge is 0.480 e. The van der Waals surface area contributed by atoms with E-state index in [9.17, 15) is 86.9 Å². The number of rotatable bonds is 47. The SMILES string of the molecule is CSCC[C@H](NC(=O)[C@H](C)NC(=O)[C@H](CC(C)C)NC(=O)CN)C(=O)N[C@@H](C)C(=O)N1CCC[C@H]1C(=O)N[C@@H](CO)C(=O)N[C@H](C(=O)NCC(=O)N[C@@H](Cc1cnc[nH]1)C(=O)N[C@H](C(=O)N[C@@H](CCCN=C(N)N)C(=O)N[C@@H](CCC(N)=O)C(=O)N[C@@H](Cc1cnc[nH]1)C(=O)NCC(=O)O)C(C)C)C(C)C. The molecule has 590 valence electrons. The molecular weight excluding hydrogens is 1410 g/mol. The number of imidazole rings is 2. The number of aromatic amines is 2. The third-order valence-corrected chi connectivity index (χ3v) is 17.0. The summed E-state index contributed by atoms with van der Waals surface area (Å²) in [4.78, 5) is 233. The highest BCUT2D eigenvalue weighted by atomic mass is 32.2. The van der Waals surface area contributed by atoms with Gasteiger partial charge in [0, 0.05) is 56.1 Å². The third kappa shape index (κ3) is 31.4. The first-order valence-corrected chi connectivity index (χ1v) is 35.9. The molecule has 2 aromatic heterocycles. The lowest BCUT2D eigenvalue weighted by Gasteiger charge is -2.30. The molecule has 12 atom stereocenters. The molecule has 2 aromatic rings. The molecule has 1 fully saturated rings. The van der Waals surface area contributed by atoms with E-state index in [1.807, 2.05) is 13.8 Å².